The van der Waals surface area contributed by atoms with Gasteiger partial charge in [0.05, 0.1) is 19.8 Å². The van der Waals surface area contributed by atoms with E-state index in [0.29, 0.717) is 12.1 Å². The molecule has 0 aliphatic carbocycles. The molecule has 0 spiro atoms. The number of morpholine rings is 1. The lowest BCUT2D eigenvalue weighted by molar-refractivity contribution is 0.00296. The quantitative estimate of drug-likeness (QED) is 0.909. The van der Waals surface area contributed by atoms with E-state index in [4.69, 9.17) is 9.47 Å². The largest absolute Gasteiger partial charge is 0.497 e. The van der Waals surface area contributed by atoms with Crippen molar-refractivity contribution in [3.63, 3.8) is 0 Å². The SMILES string of the molecule is COc1cccc(C2CCCN2CC2CNCCO2)c1. The number of methoxy groups -OCH3 is 1. The Balaban J connectivity index is 1.67. The molecule has 0 radical (unpaired) electrons. The topological polar surface area (TPSA) is 33.7 Å². The molecule has 110 valence electrons. The summed E-state index contributed by atoms with van der Waals surface area (Å²) in [6.07, 6.45) is 2.82. The zero-order chi connectivity index (χ0) is 13.8. The predicted octanol–water partition coefficient (Wildman–Crippen LogP) is 1.82. The van der Waals surface area contributed by atoms with Gasteiger partial charge in [0, 0.05) is 25.7 Å². The maximum absolute atomic E-state index is 5.84. The number of rotatable bonds is 4. The summed E-state index contributed by atoms with van der Waals surface area (Å²) in [5.41, 5.74) is 1.37. The average molecular weight is 276 g/mol. The number of ether oxygens (including phenoxy) is 2. The molecule has 2 heterocycles. The summed E-state index contributed by atoms with van der Waals surface area (Å²) in [6.45, 7) is 4.98. The van der Waals surface area contributed by atoms with Crippen LogP contribution in [-0.4, -0.2) is 50.9 Å². The van der Waals surface area contributed by atoms with Crippen molar-refractivity contribution < 1.29 is 9.47 Å². The standard InChI is InChI=1S/C16H24N2O2/c1-19-14-5-2-4-13(10-14)16-6-3-8-18(16)12-15-11-17-7-9-20-15/h2,4-5,10,15-17H,3,6-9,11-12H2,1H3. The minimum Gasteiger partial charge on any atom is -0.497 e. The third-order valence-corrected chi connectivity index (χ3v) is 4.28. The first-order valence-electron chi connectivity index (χ1n) is 7.57. The lowest BCUT2D eigenvalue weighted by Gasteiger charge is -2.31. The number of nitrogens with zero attached hydrogens (tertiary/aromatic N) is 1. The summed E-state index contributed by atoms with van der Waals surface area (Å²) in [7, 11) is 1.73. The van der Waals surface area contributed by atoms with E-state index >= 15 is 0 Å². The second-order valence-electron chi connectivity index (χ2n) is 5.63. The smallest absolute Gasteiger partial charge is 0.119 e. The molecule has 0 saturated carbocycles. The summed E-state index contributed by atoms with van der Waals surface area (Å²) in [5.74, 6) is 0.949. The van der Waals surface area contributed by atoms with Gasteiger partial charge >= 0.3 is 0 Å². The van der Waals surface area contributed by atoms with Crippen molar-refractivity contribution in [2.24, 2.45) is 0 Å². The van der Waals surface area contributed by atoms with Gasteiger partial charge in [-0.15, -0.1) is 0 Å². The van der Waals surface area contributed by atoms with E-state index in [9.17, 15) is 0 Å². The van der Waals surface area contributed by atoms with Gasteiger partial charge in [-0.05, 0) is 37.1 Å². The van der Waals surface area contributed by atoms with Crippen molar-refractivity contribution in [2.75, 3.05) is 39.9 Å². The van der Waals surface area contributed by atoms with E-state index in [1.807, 2.05) is 6.07 Å². The van der Waals surface area contributed by atoms with E-state index in [1.54, 1.807) is 7.11 Å². The highest BCUT2D eigenvalue weighted by molar-refractivity contribution is 5.31. The van der Waals surface area contributed by atoms with Crippen LogP contribution in [0.3, 0.4) is 0 Å². The summed E-state index contributed by atoms with van der Waals surface area (Å²) in [6, 6.07) is 8.99. The van der Waals surface area contributed by atoms with Crippen LogP contribution in [0.2, 0.25) is 0 Å². The molecule has 1 aromatic rings. The highest BCUT2D eigenvalue weighted by atomic mass is 16.5. The molecule has 2 atom stereocenters. The number of nitrogens with one attached hydrogen (secondary N) is 1. The van der Waals surface area contributed by atoms with Crippen LogP contribution in [0.5, 0.6) is 5.75 Å². The first-order valence-corrected chi connectivity index (χ1v) is 7.57. The van der Waals surface area contributed by atoms with Gasteiger partial charge in [-0.1, -0.05) is 12.1 Å². The fraction of sp³-hybridized carbons (Fsp3) is 0.625. The third kappa shape index (κ3) is 3.14. The molecule has 0 aromatic heterocycles. The first-order chi connectivity index (χ1) is 9.86. The molecule has 2 saturated heterocycles. The van der Waals surface area contributed by atoms with Crippen LogP contribution in [0.4, 0.5) is 0 Å². The van der Waals surface area contributed by atoms with E-state index in [-0.39, 0.29) is 0 Å². The third-order valence-electron chi connectivity index (χ3n) is 4.28. The molecule has 2 aliphatic heterocycles. The normalized spacial score (nSPS) is 27.6. The van der Waals surface area contributed by atoms with Crippen molar-refractivity contribution in [2.45, 2.75) is 25.0 Å². The molecule has 3 rings (SSSR count). The fourth-order valence-electron chi connectivity index (χ4n) is 3.27. The summed E-state index contributed by atoms with van der Waals surface area (Å²) in [4.78, 5) is 2.56. The van der Waals surface area contributed by atoms with Crippen molar-refractivity contribution in [3.8, 4) is 5.75 Å². The zero-order valence-corrected chi connectivity index (χ0v) is 12.2. The minimum absolute atomic E-state index is 0.329. The molecule has 2 aliphatic rings. The van der Waals surface area contributed by atoms with Crippen molar-refractivity contribution in [1.29, 1.82) is 0 Å². The van der Waals surface area contributed by atoms with E-state index in [2.05, 4.69) is 28.4 Å². The van der Waals surface area contributed by atoms with Crippen LogP contribution >= 0.6 is 0 Å². The van der Waals surface area contributed by atoms with Crippen LogP contribution in [0.1, 0.15) is 24.4 Å². The molecular weight excluding hydrogens is 252 g/mol. The van der Waals surface area contributed by atoms with Gasteiger partial charge in [0.1, 0.15) is 5.75 Å². The molecule has 0 bridgehead atoms. The second kappa shape index (κ2) is 6.57. The summed E-state index contributed by atoms with van der Waals surface area (Å²) < 4.78 is 11.2. The Kier molecular flexibility index (Phi) is 4.55. The Hall–Kier alpha value is -1.10. The molecule has 1 N–H and O–H groups in total. The molecule has 1 aromatic carbocycles. The van der Waals surface area contributed by atoms with E-state index in [0.717, 1.165) is 32.0 Å². The maximum Gasteiger partial charge on any atom is 0.119 e. The maximum atomic E-state index is 5.84. The van der Waals surface area contributed by atoms with Gasteiger partial charge in [0.25, 0.3) is 0 Å². The molecule has 20 heavy (non-hydrogen) atoms. The van der Waals surface area contributed by atoms with Gasteiger partial charge in [0.15, 0.2) is 0 Å². The fourth-order valence-corrected chi connectivity index (χ4v) is 3.27. The van der Waals surface area contributed by atoms with Crippen molar-refractivity contribution in [3.05, 3.63) is 29.8 Å². The van der Waals surface area contributed by atoms with Gasteiger partial charge in [0.2, 0.25) is 0 Å². The predicted molar refractivity (Wildman–Crippen MR) is 79.2 cm³/mol. The van der Waals surface area contributed by atoms with Crippen LogP contribution < -0.4 is 10.1 Å². The molecule has 0 amide bonds. The molecule has 2 unspecified atom stereocenters. The van der Waals surface area contributed by atoms with Gasteiger partial charge in [-0.25, -0.2) is 0 Å². The van der Waals surface area contributed by atoms with Crippen LogP contribution in [-0.2, 0) is 4.74 Å². The first kappa shape index (κ1) is 13.9. The van der Waals surface area contributed by atoms with E-state index < -0.39 is 0 Å². The van der Waals surface area contributed by atoms with Crippen molar-refractivity contribution in [1.82, 2.24) is 10.2 Å². The highest BCUT2D eigenvalue weighted by Gasteiger charge is 2.29. The Morgan fingerprint density at radius 2 is 2.40 bits per heavy atom. The molecule has 4 heteroatoms. The molecule has 2 fully saturated rings. The molecule has 4 nitrogen and oxygen atoms in total. The van der Waals surface area contributed by atoms with Crippen LogP contribution in [0.25, 0.3) is 0 Å². The second-order valence-corrected chi connectivity index (χ2v) is 5.63. The zero-order valence-electron chi connectivity index (χ0n) is 12.2. The Morgan fingerprint density at radius 1 is 1.45 bits per heavy atom. The van der Waals surface area contributed by atoms with Gasteiger partial charge < -0.3 is 14.8 Å². The lowest BCUT2D eigenvalue weighted by atomic mass is 10.0. The van der Waals surface area contributed by atoms with E-state index in [1.165, 1.54) is 24.9 Å². The molecular formula is C16H24N2O2. The summed E-state index contributed by atoms with van der Waals surface area (Å²) in [5, 5.41) is 3.41. The van der Waals surface area contributed by atoms with Crippen molar-refractivity contribution >= 4 is 0 Å². The van der Waals surface area contributed by atoms with Gasteiger partial charge in [-0.3, -0.25) is 4.90 Å². The van der Waals surface area contributed by atoms with Crippen LogP contribution in [0.15, 0.2) is 24.3 Å². The number of likely N-dealkylation sites (tertiary alicyclic amines) is 1. The van der Waals surface area contributed by atoms with Crippen LogP contribution in [0, 0.1) is 0 Å². The Morgan fingerprint density at radius 3 is 3.20 bits per heavy atom. The summed E-state index contributed by atoms with van der Waals surface area (Å²) >= 11 is 0. The average Bonchev–Trinajstić information content (AvgIpc) is 2.96. The minimum atomic E-state index is 0.329. The highest BCUT2D eigenvalue weighted by Crippen LogP contribution is 2.33. The Labute approximate surface area is 121 Å². The number of hydrogen-bond donors (Lipinski definition) is 1. The number of benzene rings is 1. The van der Waals surface area contributed by atoms with Gasteiger partial charge in [-0.2, -0.15) is 0 Å². The lowest BCUT2D eigenvalue weighted by Crippen LogP contribution is -2.45. The Bertz CT molecular complexity index is 432. The number of hydrogen-bond acceptors (Lipinski definition) is 4. The monoisotopic (exact) mass is 276 g/mol.